The fraction of sp³-hybridized carbons (Fsp3) is 0.355. The first-order chi connectivity index (χ1) is 18.2. The average Bonchev–Trinajstić information content (AvgIpc) is 3.49. The molecule has 2 fully saturated rings. The van der Waals surface area contributed by atoms with Gasteiger partial charge < -0.3 is 20.3 Å². The molecule has 6 nitrogen and oxygen atoms in total. The number of likely N-dealkylation sites (tertiary alicyclic amines) is 1. The highest BCUT2D eigenvalue weighted by Crippen LogP contribution is 2.36. The third kappa shape index (κ3) is 4.98. The number of hydrogen-bond donors (Lipinski definition) is 2. The van der Waals surface area contributed by atoms with Crippen LogP contribution in [0.15, 0.2) is 61.6 Å². The summed E-state index contributed by atoms with van der Waals surface area (Å²) in [6, 6.07) is 13.8. The van der Waals surface area contributed by atoms with Crippen LogP contribution in [-0.4, -0.2) is 41.1 Å². The number of pyridine rings is 2. The van der Waals surface area contributed by atoms with E-state index in [-0.39, 0.29) is 0 Å². The Morgan fingerprint density at radius 3 is 2.57 bits per heavy atom. The summed E-state index contributed by atoms with van der Waals surface area (Å²) in [4.78, 5) is 12.1. The highest BCUT2D eigenvalue weighted by atomic mass is 16.5. The molecular formula is C31H35N5O. The molecule has 190 valence electrons. The van der Waals surface area contributed by atoms with Gasteiger partial charge in [0.05, 0.1) is 19.0 Å². The van der Waals surface area contributed by atoms with Gasteiger partial charge >= 0.3 is 0 Å². The van der Waals surface area contributed by atoms with Crippen LogP contribution in [-0.2, 0) is 0 Å². The Hall–Kier alpha value is -3.64. The number of nitrogens with one attached hydrogen (secondary N) is 2. The van der Waals surface area contributed by atoms with Gasteiger partial charge in [-0.2, -0.15) is 0 Å². The number of aromatic nitrogens is 2. The van der Waals surface area contributed by atoms with E-state index < -0.39 is 0 Å². The van der Waals surface area contributed by atoms with Gasteiger partial charge in [0.2, 0.25) is 0 Å². The van der Waals surface area contributed by atoms with Crippen LogP contribution in [0.3, 0.4) is 0 Å². The molecular weight excluding hydrogens is 458 g/mol. The molecule has 1 aromatic carbocycles. The second-order valence-corrected chi connectivity index (χ2v) is 10.4. The largest absolute Gasteiger partial charge is 0.495 e. The summed E-state index contributed by atoms with van der Waals surface area (Å²) in [7, 11) is 1.65. The van der Waals surface area contributed by atoms with Crippen LogP contribution in [0.2, 0.25) is 0 Å². The molecule has 2 aromatic heterocycles. The smallest absolute Gasteiger partial charge is 0.141 e. The number of anilines is 2. The van der Waals surface area contributed by atoms with E-state index in [2.05, 4.69) is 63.5 Å². The van der Waals surface area contributed by atoms with Crippen LogP contribution in [0.1, 0.15) is 61.1 Å². The monoisotopic (exact) mass is 493 g/mol. The predicted molar refractivity (Wildman–Crippen MR) is 151 cm³/mol. The van der Waals surface area contributed by atoms with Crippen LogP contribution in [0.4, 0.5) is 11.5 Å². The Morgan fingerprint density at radius 1 is 1.03 bits per heavy atom. The second-order valence-electron chi connectivity index (χ2n) is 10.4. The van der Waals surface area contributed by atoms with Crippen molar-refractivity contribution >= 4 is 23.3 Å². The Labute approximate surface area is 219 Å². The molecule has 1 saturated heterocycles. The zero-order valence-electron chi connectivity index (χ0n) is 21.5. The lowest BCUT2D eigenvalue weighted by Crippen LogP contribution is -2.39. The molecule has 0 spiro atoms. The average molecular weight is 494 g/mol. The molecule has 2 aliphatic heterocycles. The molecule has 6 heteroatoms. The molecule has 1 aliphatic carbocycles. The normalized spacial score (nSPS) is 18.5. The Morgan fingerprint density at radius 2 is 1.81 bits per heavy atom. The third-order valence-corrected chi connectivity index (χ3v) is 8.13. The van der Waals surface area contributed by atoms with Crippen LogP contribution in [0.25, 0.3) is 23.0 Å². The molecule has 6 rings (SSSR count). The second kappa shape index (κ2) is 10.4. The van der Waals surface area contributed by atoms with Gasteiger partial charge in [0.15, 0.2) is 0 Å². The molecule has 37 heavy (non-hydrogen) atoms. The number of nitrogens with zero attached hydrogens (tertiary/aromatic N) is 3. The van der Waals surface area contributed by atoms with Crippen molar-refractivity contribution in [2.45, 2.75) is 50.5 Å². The van der Waals surface area contributed by atoms with Gasteiger partial charge in [-0.1, -0.05) is 31.6 Å². The van der Waals surface area contributed by atoms with Gasteiger partial charge in [-0.05, 0) is 86.2 Å². The maximum atomic E-state index is 5.38. The van der Waals surface area contributed by atoms with Gasteiger partial charge in [0, 0.05) is 40.9 Å². The minimum absolute atomic E-state index is 0.649. The summed E-state index contributed by atoms with van der Waals surface area (Å²) in [5, 5.41) is 6.80. The van der Waals surface area contributed by atoms with Crippen LogP contribution in [0, 0.1) is 0 Å². The zero-order chi connectivity index (χ0) is 25.2. The first-order valence-electron chi connectivity index (χ1n) is 13.5. The summed E-state index contributed by atoms with van der Waals surface area (Å²) < 4.78 is 5.38. The Kier molecular flexibility index (Phi) is 6.66. The van der Waals surface area contributed by atoms with Crippen LogP contribution in [0.5, 0.6) is 5.75 Å². The molecule has 0 atom stereocenters. The van der Waals surface area contributed by atoms with Crippen molar-refractivity contribution in [1.29, 1.82) is 0 Å². The first kappa shape index (κ1) is 23.7. The van der Waals surface area contributed by atoms with Gasteiger partial charge in [-0.25, -0.2) is 4.98 Å². The Balaban J connectivity index is 1.22. The molecule has 3 aliphatic rings. The Bertz CT molecular complexity index is 1300. The number of methoxy groups -OCH3 is 1. The van der Waals surface area contributed by atoms with Crippen molar-refractivity contribution in [2.24, 2.45) is 0 Å². The highest BCUT2D eigenvalue weighted by molar-refractivity contribution is 5.86. The SMILES string of the molecule is C=C1NC=Cc2cc(-c3cncc(OC)c3)nc(Nc3ccc(C4CCN(C5CCCC5)CC4)cc3)c21. The van der Waals surface area contributed by atoms with E-state index in [0.717, 1.165) is 45.6 Å². The van der Waals surface area contributed by atoms with Gasteiger partial charge in [-0.15, -0.1) is 0 Å². The quantitative estimate of drug-likeness (QED) is 0.405. The highest BCUT2D eigenvalue weighted by Gasteiger charge is 2.27. The third-order valence-electron chi connectivity index (χ3n) is 8.13. The van der Waals surface area contributed by atoms with Crippen molar-refractivity contribution in [3.8, 4) is 17.0 Å². The van der Waals surface area contributed by atoms with Crippen molar-refractivity contribution in [3.63, 3.8) is 0 Å². The number of benzene rings is 1. The summed E-state index contributed by atoms with van der Waals surface area (Å²) in [5.74, 6) is 2.13. The molecule has 2 N–H and O–H groups in total. The van der Waals surface area contributed by atoms with E-state index in [1.807, 2.05) is 18.5 Å². The van der Waals surface area contributed by atoms with E-state index in [9.17, 15) is 0 Å². The zero-order valence-corrected chi connectivity index (χ0v) is 21.5. The van der Waals surface area contributed by atoms with Crippen molar-refractivity contribution in [1.82, 2.24) is 20.2 Å². The topological polar surface area (TPSA) is 62.3 Å². The molecule has 0 radical (unpaired) electrons. The van der Waals surface area contributed by atoms with Crippen molar-refractivity contribution in [2.75, 3.05) is 25.5 Å². The summed E-state index contributed by atoms with van der Waals surface area (Å²) in [6.45, 7) is 6.69. The molecule has 4 heterocycles. The van der Waals surface area contributed by atoms with Gasteiger partial charge in [-0.3, -0.25) is 4.98 Å². The van der Waals surface area contributed by atoms with E-state index in [1.165, 1.54) is 57.2 Å². The number of fused-ring (bicyclic) bond motifs is 1. The number of piperidine rings is 1. The van der Waals surface area contributed by atoms with E-state index >= 15 is 0 Å². The minimum atomic E-state index is 0.649. The molecule has 0 bridgehead atoms. The lowest BCUT2D eigenvalue weighted by atomic mass is 9.88. The van der Waals surface area contributed by atoms with Gasteiger partial charge in [0.25, 0.3) is 0 Å². The van der Waals surface area contributed by atoms with E-state index in [0.29, 0.717) is 11.7 Å². The molecule has 0 amide bonds. The van der Waals surface area contributed by atoms with Crippen LogP contribution >= 0.6 is 0 Å². The number of hydrogen-bond acceptors (Lipinski definition) is 6. The van der Waals surface area contributed by atoms with E-state index in [1.54, 1.807) is 13.3 Å². The van der Waals surface area contributed by atoms with Gasteiger partial charge in [0.1, 0.15) is 11.6 Å². The number of ether oxygens (including phenoxy) is 1. The molecule has 0 unspecified atom stereocenters. The predicted octanol–water partition coefficient (Wildman–Crippen LogP) is 6.56. The maximum Gasteiger partial charge on any atom is 0.141 e. The molecule has 1 saturated carbocycles. The molecule has 3 aromatic rings. The van der Waals surface area contributed by atoms with Crippen molar-refractivity contribution in [3.05, 3.63) is 78.3 Å². The van der Waals surface area contributed by atoms with Crippen LogP contribution < -0.4 is 15.4 Å². The first-order valence-corrected chi connectivity index (χ1v) is 13.5. The maximum absolute atomic E-state index is 5.38. The summed E-state index contributed by atoms with van der Waals surface area (Å²) in [6.07, 6.45) is 15.6. The summed E-state index contributed by atoms with van der Waals surface area (Å²) >= 11 is 0. The number of rotatable bonds is 6. The minimum Gasteiger partial charge on any atom is -0.495 e. The fourth-order valence-electron chi connectivity index (χ4n) is 6.07. The van der Waals surface area contributed by atoms with E-state index in [4.69, 9.17) is 9.72 Å². The summed E-state index contributed by atoms with van der Waals surface area (Å²) in [5.41, 5.74) is 7.06. The lowest BCUT2D eigenvalue weighted by molar-refractivity contribution is 0.154. The fourth-order valence-corrected chi connectivity index (χ4v) is 6.07. The standard InChI is InChI=1S/C31H35N5O/c1-21-30-24(11-14-33-21)18-29(25-17-28(37-2)20-32-19-25)35-31(30)34-26-9-7-22(8-10-26)23-12-15-36(16-13-23)27-5-3-4-6-27/h7-11,14,17-20,23,27,33H,1,3-6,12-13,15-16H2,2H3,(H,34,35). The van der Waals surface area contributed by atoms with Crippen molar-refractivity contribution < 1.29 is 4.74 Å². The lowest BCUT2D eigenvalue weighted by Gasteiger charge is -2.36.